The quantitative estimate of drug-likeness (QED) is 0.610. The van der Waals surface area contributed by atoms with E-state index >= 15 is 0 Å². The van der Waals surface area contributed by atoms with Gasteiger partial charge in [-0.3, -0.25) is 4.79 Å². The van der Waals surface area contributed by atoms with Gasteiger partial charge in [0.25, 0.3) is 5.91 Å². The van der Waals surface area contributed by atoms with Crippen molar-refractivity contribution in [1.82, 2.24) is 25.1 Å². The Morgan fingerprint density at radius 1 is 1.06 bits per heavy atom. The van der Waals surface area contributed by atoms with Crippen LogP contribution in [0.3, 0.4) is 0 Å². The lowest BCUT2D eigenvalue weighted by Gasteiger charge is -2.34. The highest BCUT2D eigenvalue weighted by molar-refractivity contribution is 5.78. The highest BCUT2D eigenvalue weighted by Crippen LogP contribution is 2.23. The summed E-state index contributed by atoms with van der Waals surface area (Å²) in [6.07, 6.45) is 0. The van der Waals surface area contributed by atoms with Crippen LogP contribution in [0.25, 0.3) is 5.69 Å². The standard InChI is InChI=1S/C23H28N6O2/c1-17(2)21-10-9-20(15-18(21)3)31-16-22(30)27-11-13-28(14-12-27)23-24-25-26-29(23)19-7-5-4-6-8-19/h4-10,15,17H,11-14,16H2,1-3H3. The maximum absolute atomic E-state index is 12.6. The number of tetrazole rings is 1. The van der Waals surface area contributed by atoms with Crippen molar-refractivity contribution in [1.29, 1.82) is 0 Å². The lowest BCUT2D eigenvalue weighted by molar-refractivity contribution is -0.133. The van der Waals surface area contributed by atoms with Gasteiger partial charge in [-0.05, 0) is 58.7 Å². The van der Waals surface area contributed by atoms with Crippen LogP contribution in [0.1, 0.15) is 30.9 Å². The summed E-state index contributed by atoms with van der Waals surface area (Å²) in [5.74, 6) is 1.88. The zero-order valence-corrected chi connectivity index (χ0v) is 18.2. The molecule has 2 aromatic carbocycles. The largest absolute Gasteiger partial charge is 0.484 e. The molecule has 31 heavy (non-hydrogen) atoms. The van der Waals surface area contributed by atoms with E-state index in [-0.39, 0.29) is 12.5 Å². The van der Waals surface area contributed by atoms with Gasteiger partial charge in [-0.25, -0.2) is 0 Å². The van der Waals surface area contributed by atoms with Crippen molar-refractivity contribution < 1.29 is 9.53 Å². The predicted octanol–water partition coefficient (Wildman–Crippen LogP) is 2.82. The van der Waals surface area contributed by atoms with Crippen molar-refractivity contribution in [3.63, 3.8) is 0 Å². The molecule has 1 aliphatic rings. The van der Waals surface area contributed by atoms with Crippen molar-refractivity contribution in [3.8, 4) is 11.4 Å². The molecule has 0 spiro atoms. The molecule has 2 heterocycles. The van der Waals surface area contributed by atoms with Crippen LogP contribution in [-0.2, 0) is 4.79 Å². The summed E-state index contributed by atoms with van der Waals surface area (Å²) in [5, 5.41) is 12.1. The fraction of sp³-hybridized carbons (Fsp3) is 0.391. The summed E-state index contributed by atoms with van der Waals surface area (Å²) >= 11 is 0. The summed E-state index contributed by atoms with van der Waals surface area (Å²) in [6.45, 7) is 9.01. The number of aryl methyl sites for hydroxylation is 1. The number of amides is 1. The number of anilines is 1. The van der Waals surface area contributed by atoms with Gasteiger partial charge in [0.1, 0.15) is 5.75 Å². The van der Waals surface area contributed by atoms with Gasteiger partial charge in [0.2, 0.25) is 5.95 Å². The average molecular weight is 421 g/mol. The number of piperazine rings is 1. The first-order chi connectivity index (χ1) is 15.0. The highest BCUT2D eigenvalue weighted by Gasteiger charge is 2.25. The first-order valence-electron chi connectivity index (χ1n) is 10.6. The van der Waals surface area contributed by atoms with Crippen LogP contribution >= 0.6 is 0 Å². The van der Waals surface area contributed by atoms with Crippen molar-refractivity contribution in [2.45, 2.75) is 26.7 Å². The normalized spacial score (nSPS) is 14.2. The fourth-order valence-corrected chi connectivity index (χ4v) is 3.89. The molecular weight excluding hydrogens is 392 g/mol. The molecule has 0 unspecified atom stereocenters. The van der Waals surface area contributed by atoms with Crippen molar-refractivity contribution >= 4 is 11.9 Å². The van der Waals surface area contributed by atoms with Gasteiger partial charge in [0.05, 0.1) is 5.69 Å². The Morgan fingerprint density at radius 3 is 2.48 bits per heavy atom. The number of aromatic nitrogens is 4. The fourth-order valence-electron chi connectivity index (χ4n) is 3.89. The second-order valence-corrected chi connectivity index (χ2v) is 8.06. The molecule has 0 radical (unpaired) electrons. The maximum Gasteiger partial charge on any atom is 0.260 e. The highest BCUT2D eigenvalue weighted by atomic mass is 16.5. The predicted molar refractivity (Wildman–Crippen MR) is 119 cm³/mol. The van der Waals surface area contributed by atoms with E-state index in [9.17, 15) is 4.79 Å². The lowest BCUT2D eigenvalue weighted by atomic mass is 9.98. The third-order valence-corrected chi connectivity index (χ3v) is 5.59. The van der Waals surface area contributed by atoms with Gasteiger partial charge in [-0.2, -0.15) is 4.68 Å². The smallest absolute Gasteiger partial charge is 0.260 e. The number of nitrogens with zero attached hydrogens (tertiary/aromatic N) is 6. The molecule has 1 fully saturated rings. The van der Waals surface area contributed by atoms with E-state index in [4.69, 9.17) is 4.74 Å². The molecule has 8 nitrogen and oxygen atoms in total. The second kappa shape index (κ2) is 9.16. The minimum absolute atomic E-state index is 0.00658. The molecule has 1 aliphatic heterocycles. The number of hydrogen-bond acceptors (Lipinski definition) is 6. The molecule has 162 valence electrons. The van der Waals surface area contributed by atoms with Gasteiger partial charge in [0, 0.05) is 26.2 Å². The van der Waals surface area contributed by atoms with E-state index in [1.54, 1.807) is 4.68 Å². The lowest BCUT2D eigenvalue weighted by Crippen LogP contribution is -2.50. The first-order valence-corrected chi connectivity index (χ1v) is 10.6. The zero-order chi connectivity index (χ0) is 21.8. The van der Waals surface area contributed by atoms with Gasteiger partial charge >= 0.3 is 0 Å². The maximum atomic E-state index is 12.6. The van der Waals surface area contributed by atoms with Gasteiger partial charge in [0.15, 0.2) is 6.61 Å². The summed E-state index contributed by atoms with van der Waals surface area (Å²) < 4.78 is 7.50. The minimum Gasteiger partial charge on any atom is -0.484 e. The van der Waals surface area contributed by atoms with Crippen LogP contribution in [0.5, 0.6) is 5.75 Å². The Morgan fingerprint density at radius 2 is 1.81 bits per heavy atom. The number of carbonyl (C=O) groups is 1. The molecule has 0 N–H and O–H groups in total. The van der Waals surface area contributed by atoms with Crippen molar-refractivity contribution in [3.05, 3.63) is 59.7 Å². The van der Waals surface area contributed by atoms with E-state index in [0.717, 1.165) is 11.4 Å². The number of hydrogen-bond donors (Lipinski definition) is 0. The van der Waals surface area contributed by atoms with E-state index in [1.807, 2.05) is 47.4 Å². The second-order valence-electron chi connectivity index (χ2n) is 8.06. The molecule has 4 rings (SSSR count). The monoisotopic (exact) mass is 420 g/mol. The number of carbonyl (C=O) groups excluding carboxylic acids is 1. The van der Waals surface area contributed by atoms with E-state index in [0.29, 0.717) is 38.0 Å². The van der Waals surface area contributed by atoms with Crippen LogP contribution in [0.2, 0.25) is 0 Å². The molecule has 0 bridgehead atoms. The first kappa shape index (κ1) is 20.8. The Kier molecular flexibility index (Phi) is 6.16. The van der Waals surface area contributed by atoms with E-state index in [2.05, 4.69) is 47.3 Å². The molecule has 1 aromatic heterocycles. The van der Waals surface area contributed by atoms with Gasteiger partial charge in [-0.15, -0.1) is 0 Å². The molecule has 3 aromatic rings. The van der Waals surface area contributed by atoms with Crippen LogP contribution in [-0.4, -0.2) is 63.8 Å². The number of benzene rings is 2. The molecule has 8 heteroatoms. The molecule has 1 saturated heterocycles. The van der Waals surface area contributed by atoms with Crippen LogP contribution in [0, 0.1) is 6.92 Å². The van der Waals surface area contributed by atoms with Crippen LogP contribution < -0.4 is 9.64 Å². The average Bonchev–Trinajstić information content (AvgIpc) is 3.28. The Bertz CT molecular complexity index is 1030. The zero-order valence-electron chi connectivity index (χ0n) is 18.2. The third kappa shape index (κ3) is 4.68. The van der Waals surface area contributed by atoms with Crippen LogP contribution in [0.15, 0.2) is 48.5 Å². The van der Waals surface area contributed by atoms with Gasteiger partial charge in [-0.1, -0.05) is 43.2 Å². The molecule has 1 amide bonds. The van der Waals surface area contributed by atoms with Gasteiger partial charge < -0.3 is 14.5 Å². The minimum atomic E-state index is -0.00658. The molecule has 0 saturated carbocycles. The van der Waals surface area contributed by atoms with E-state index in [1.165, 1.54) is 11.1 Å². The van der Waals surface area contributed by atoms with E-state index < -0.39 is 0 Å². The summed E-state index contributed by atoms with van der Waals surface area (Å²) in [5.41, 5.74) is 3.39. The molecular formula is C23H28N6O2. The Labute approximate surface area is 182 Å². The third-order valence-electron chi connectivity index (χ3n) is 5.59. The topological polar surface area (TPSA) is 76.4 Å². The Hall–Kier alpha value is -3.42. The van der Waals surface area contributed by atoms with Crippen molar-refractivity contribution in [2.75, 3.05) is 37.7 Å². The summed E-state index contributed by atoms with van der Waals surface area (Å²) in [6, 6.07) is 15.8. The Balaban J connectivity index is 1.32. The summed E-state index contributed by atoms with van der Waals surface area (Å²) in [7, 11) is 0. The number of para-hydroxylation sites is 1. The summed E-state index contributed by atoms with van der Waals surface area (Å²) in [4.78, 5) is 16.6. The number of rotatable bonds is 6. The van der Waals surface area contributed by atoms with Crippen molar-refractivity contribution in [2.24, 2.45) is 0 Å². The molecule has 0 aliphatic carbocycles. The number of ether oxygens (including phenoxy) is 1. The molecule has 0 atom stereocenters. The SMILES string of the molecule is Cc1cc(OCC(=O)N2CCN(c3nnnn3-c3ccccc3)CC2)ccc1C(C)C. The van der Waals surface area contributed by atoms with Crippen LogP contribution in [0.4, 0.5) is 5.95 Å².